The number of aldehydes is 3. The van der Waals surface area contributed by atoms with E-state index in [2.05, 4.69) is 158 Å². The zero-order valence-electron chi connectivity index (χ0n) is 80.7. The Morgan fingerprint density at radius 2 is 0.767 bits per heavy atom. The van der Waals surface area contributed by atoms with E-state index in [9.17, 15) is 28.9 Å². The Labute approximate surface area is 919 Å². The fourth-order valence-corrected chi connectivity index (χ4v) is 15.1. The summed E-state index contributed by atoms with van der Waals surface area (Å²) in [7, 11) is -0.831. The Hall–Kier alpha value is -14.4. The zero-order valence-corrected chi connectivity index (χ0v) is 90.2. The maximum Gasteiger partial charge on any atom is 0.491 e. The average Bonchev–Trinajstić information content (AvgIpc) is 1.64. The van der Waals surface area contributed by atoms with Crippen LogP contribution in [-0.4, -0.2) is 111 Å². The number of aryl methyl sites for hydroxylation is 2. The molecule has 0 spiro atoms. The molecule has 0 aromatic heterocycles. The van der Waals surface area contributed by atoms with Crippen molar-refractivity contribution >= 4 is 155 Å². The molecule has 5 aliphatic heterocycles. The number of allylic oxidation sites excluding steroid dienone is 1. The Morgan fingerprint density at radius 1 is 0.407 bits per heavy atom. The number of nitriles is 1. The Balaban J connectivity index is 0.000000188. The van der Waals surface area contributed by atoms with Crippen LogP contribution < -0.4 is 29.1 Å². The maximum atomic E-state index is 12.1. The molecule has 27 nitrogen and oxygen atoms in total. The number of carbonyl (C=O) groups is 3. The third-order valence-electron chi connectivity index (χ3n) is 20.5. The van der Waals surface area contributed by atoms with E-state index in [0.717, 1.165) is 101 Å². The van der Waals surface area contributed by atoms with Crippen LogP contribution >= 0.6 is 95.6 Å². The molecule has 19 rings (SSSR count). The minimum Gasteiger partial charge on any atom is -0.508 e. The summed E-state index contributed by atoms with van der Waals surface area (Å²) in [5, 5.41) is 51.2. The van der Waals surface area contributed by atoms with Gasteiger partial charge in [-0.2, -0.15) is 5.26 Å². The van der Waals surface area contributed by atoms with Gasteiger partial charge in [-0.3, -0.25) is 14.4 Å². The molecule has 14 aromatic carbocycles. The van der Waals surface area contributed by atoms with Gasteiger partial charge in [0.15, 0.2) is 66.2 Å². The van der Waals surface area contributed by atoms with E-state index >= 15 is 0 Å². The number of phenols is 2. The van der Waals surface area contributed by atoms with Crippen LogP contribution in [0.25, 0.3) is 24.2 Å². The third kappa shape index (κ3) is 42.3. The van der Waals surface area contributed by atoms with Crippen LogP contribution in [0.2, 0.25) is 0 Å². The van der Waals surface area contributed by atoms with Gasteiger partial charge in [0.25, 0.3) is 0 Å². The van der Waals surface area contributed by atoms with Crippen molar-refractivity contribution in [3.05, 3.63) is 455 Å². The molecule has 1 unspecified atom stereocenters. The minimum absolute atomic E-state index is 0.102. The van der Waals surface area contributed by atoms with E-state index < -0.39 is 7.12 Å². The van der Waals surface area contributed by atoms with Gasteiger partial charge in [0.2, 0.25) is 0 Å². The maximum absolute atomic E-state index is 12.1. The first-order valence-electron chi connectivity index (χ1n) is 45.8. The number of rotatable bonds is 19. The average molecular weight is 2410 g/mol. The SMILES string of the molecule is C1=COCCC1.Cc1ccc(C)cc1.N#Cc1ccc(F)cc1.O=Cc1cc(O)ccc1Br.OCCO.Oc1ccc(Br)c(C2OCCO2)c1.[C-]#[N+]c1ccc(Oc2ccc(Br)c(C3OCCO3)c2)cc1.[C-]#[N+]c1ccc(Oc2ccc(Br)c(C=O)c2)cc1.[C-]#[N+]c1ccc(Oc2ccc(Br)c(C=O)c2)cc1.[C-]#[N+]c1ccc(Oc2ccc(Br)c(COC3CCCCO3)c2)cc1.[C-]#[N+]c1ccc(Oc2ccc3c(c2)COB3O)cc1. The molecule has 35 heteroatoms. The normalized spacial score (nSPS) is 12.9. The standard InChI is InChI=1S/C19H18BrNO3.C16H12BrNO3.C14H10BNO3.2C14H8BrNO2.C9H9BrO3.C8H10.C7H5BrO2.C7H4FN.C5H8O.C2H6O2/c1-21-15-5-7-16(8-6-15)24-17-9-10-18(20)14(12-17)13-23-19-4-2-3-11-22-19;1-18-11-2-4-12(5-3-11)21-13-6-7-15(17)14(10-13)16-19-8-9-20-16;1-16-11-2-4-12(5-3-11)19-13-6-7-14-10(8-13)9-18-15(14)17;2*1-16-11-2-4-12(5-3-11)18-13-6-7-14(15)10(8-13)9-17;10-8-2-1-6(11)5-7(8)9-12-3-4-13-9;1-7-3-5-8(2)6-4-7;8-7-2-1-6(10)3-5(7)4-9;8-7-3-1-6(5-9)2-4-7;1-2-4-6-5-3-1;3-1-2-4/h5-10,12,19H,2-4,11,13H2;2-7,10,16H,8-9H2;2-8,17H,9H2;2*2-9H;1-2,5,9,11H,3-4H2;3-6H,1-2H3;1-4,10H;1-4H;2,4H,1,3,5H2;3-4H,1-2H2. The van der Waals surface area contributed by atoms with E-state index in [4.69, 9.17) is 115 Å². The first-order chi connectivity index (χ1) is 72.7. The van der Waals surface area contributed by atoms with Crippen molar-refractivity contribution in [2.45, 2.75) is 78.0 Å². The molecule has 0 aliphatic carbocycles. The summed E-state index contributed by atoms with van der Waals surface area (Å²) >= 11 is 20.1. The van der Waals surface area contributed by atoms with Crippen LogP contribution in [0.1, 0.15) is 115 Å². The van der Waals surface area contributed by atoms with Crippen LogP contribution in [-0.2, 0) is 51.0 Å². The van der Waals surface area contributed by atoms with E-state index in [1.807, 2.05) is 54.6 Å². The number of aliphatic hydroxyl groups is 2. The highest BCUT2D eigenvalue weighted by molar-refractivity contribution is 9.11. The van der Waals surface area contributed by atoms with Gasteiger partial charge in [0.1, 0.15) is 74.8 Å². The molecular weight excluding hydrogens is 2310 g/mol. The Kier molecular flexibility index (Phi) is 52.6. The lowest BCUT2D eigenvalue weighted by Gasteiger charge is -2.23. The van der Waals surface area contributed by atoms with Crippen molar-refractivity contribution in [1.29, 1.82) is 5.26 Å². The smallest absolute Gasteiger partial charge is 0.491 e. The molecule has 150 heavy (non-hydrogen) atoms. The van der Waals surface area contributed by atoms with Crippen molar-refractivity contribution in [1.82, 2.24) is 0 Å². The number of nitrogens with zero attached hydrogens (tertiary/aromatic N) is 6. The topological polar surface area (TPSA) is 318 Å². The number of benzene rings is 14. The van der Waals surface area contributed by atoms with E-state index in [0.29, 0.717) is 153 Å². The second kappa shape index (κ2) is 66.2. The summed E-state index contributed by atoms with van der Waals surface area (Å²) in [5.74, 6) is 6.60. The molecule has 3 fully saturated rings. The monoisotopic (exact) mass is 2400 g/mol. The molecular formula is C115H98BBr6FN6O21. The number of fused-ring (bicyclic) bond motifs is 1. The summed E-state index contributed by atoms with van der Waals surface area (Å²) in [6.07, 6.45) is 10.8. The lowest BCUT2D eigenvalue weighted by molar-refractivity contribution is -0.169. The number of aromatic hydroxyl groups is 2. The van der Waals surface area contributed by atoms with Gasteiger partial charge in [-0.15, -0.1) is 0 Å². The second-order valence-electron chi connectivity index (χ2n) is 31.5. The number of hydrogen-bond acceptors (Lipinski definition) is 22. The molecule has 0 radical (unpaired) electrons. The number of phenolic OH excluding ortho intramolecular Hbond substituents is 2. The first-order valence-corrected chi connectivity index (χ1v) is 50.6. The third-order valence-corrected chi connectivity index (χ3v) is 24.9. The van der Waals surface area contributed by atoms with Crippen molar-refractivity contribution in [3.63, 3.8) is 0 Å². The van der Waals surface area contributed by atoms with E-state index in [1.165, 1.54) is 60.4 Å². The molecule has 14 aromatic rings. The van der Waals surface area contributed by atoms with E-state index in [1.54, 1.807) is 200 Å². The van der Waals surface area contributed by atoms with Crippen molar-refractivity contribution in [2.24, 2.45) is 0 Å². The van der Waals surface area contributed by atoms with E-state index in [-0.39, 0.29) is 49.4 Å². The van der Waals surface area contributed by atoms with Gasteiger partial charge < -0.3 is 86.9 Å². The van der Waals surface area contributed by atoms with Gasteiger partial charge in [-0.05, 0) is 275 Å². The first kappa shape index (κ1) is 119. The van der Waals surface area contributed by atoms with Crippen LogP contribution in [0, 0.1) is 63.9 Å². The predicted molar refractivity (Wildman–Crippen MR) is 590 cm³/mol. The van der Waals surface area contributed by atoms with Gasteiger partial charge in [-0.1, -0.05) is 198 Å². The van der Waals surface area contributed by atoms with Crippen molar-refractivity contribution in [2.75, 3.05) is 52.9 Å². The lowest BCUT2D eigenvalue weighted by atomic mass is 9.80. The van der Waals surface area contributed by atoms with Crippen LogP contribution in [0.5, 0.6) is 69.0 Å². The summed E-state index contributed by atoms with van der Waals surface area (Å²) in [4.78, 5) is 48.5. The fraction of sp³-hybridized carbons (Fsp3) is 0.174. The fourth-order valence-electron chi connectivity index (χ4n) is 12.8. The zero-order chi connectivity index (χ0) is 108. The molecule has 5 N–H and O–H groups in total. The largest absolute Gasteiger partial charge is 0.508 e. The summed E-state index contributed by atoms with van der Waals surface area (Å²) < 4.78 is 88.7. The number of hydrogen-bond donors (Lipinski definition) is 5. The lowest BCUT2D eigenvalue weighted by Crippen LogP contribution is -2.27. The molecule has 1 atom stereocenters. The number of carbonyl (C=O) groups excluding carboxylic acids is 3. The van der Waals surface area contributed by atoms with Crippen molar-refractivity contribution < 1.29 is 106 Å². The quantitative estimate of drug-likeness (QED) is 0.0285. The molecule has 0 saturated carbocycles. The minimum atomic E-state index is -0.831. The molecule has 0 amide bonds. The molecule has 0 bridgehead atoms. The van der Waals surface area contributed by atoms with Gasteiger partial charge in [0.05, 0.1) is 110 Å². The highest BCUT2D eigenvalue weighted by Gasteiger charge is 2.28. The molecule has 5 heterocycles. The molecule has 766 valence electrons. The molecule has 5 aliphatic rings. The predicted octanol–water partition coefficient (Wildman–Crippen LogP) is 30.6. The van der Waals surface area contributed by atoms with Crippen LogP contribution in [0.4, 0.5) is 32.8 Å². The van der Waals surface area contributed by atoms with Gasteiger partial charge in [0, 0.05) is 61.3 Å². The Morgan fingerprint density at radius 3 is 1.13 bits per heavy atom. The van der Waals surface area contributed by atoms with Gasteiger partial charge in [-0.25, -0.2) is 28.6 Å². The van der Waals surface area contributed by atoms with Crippen LogP contribution in [0.15, 0.2) is 336 Å². The van der Waals surface area contributed by atoms with Crippen molar-refractivity contribution in [3.8, 4) is 75.1 Å². The van der Waals surface area contributed by atoms with Gasteiger partial charge >= 0.3 is 7.12 Å². The van der Waals surface area contributed by atoms with Crippen LogP contribution in [0.3, 0.4) is 0 Å². The summed E-state index contributed by atoms with van der Waals surface area (Å²) in [6.45, 7) is 43.4. The highest BCUT2D eigenvalue weighted by atomic mass is 79.9. The highest BCUT2D eigenvalue weighted by Crippen LogP contribution is 2.39. The molecule has 3 saturated heterocycles. The number of halogens is 7. The number of ether oxygens (including phenoxy) is 12. The summed E-state index contributed by atoms with van der Waals surface area (Å²) in [5.41, 5.74) is 12.0. The summed E-state index contributed by atoms with van der Waals surface area (Å²) in [6, 6.07) is 87.2. The number of aliphatic hydroxyl groups excluding tert-OH is 2. The second-order valence-corrected chi connectivity index (χ2v) is 36.6. The Bertz CT molecular complexity index is 6810.